The summed E-state index contributed by atoms with van der Waals surface area (Å²) in [5.74, 6) is -0.577. The molecule has 0 aliphatic heterocycles. The molecule has 0 saturated carbocycles. The predicted molar refractivity (Wildman–Crippen MR) is 82.7 cm³/mol. The Morgan fingerprint density at radius 1 is 1.09 bits per heavy atom. The number of aromatic nitrogens is 2. The first-order valence-corrected chi connectivity index (χ1v) is 6.57. The third-order valence-corrected chi connectivity index (χ3v) is 3.05. The minimum Gasteiger partial charge on any atom is -0.507 e. The maximum Gasteiger partial charge on any atom is 0.275 e. The van der Waals surface area contributed by atoms with E-state index in [1.807, 2.05) is 18.2 Å². The number of benzene rings is 2. The van der Waals surface area contributed by atoms with Crippen molar-refractivity contribution in [2.75, 3.05) is 0 Å². The number of phenols is 1. The molecule has 0 atom stereocenters. The molecule has 3 aromatic rings. The van der Waals surface area contributed by atoms with Gasteiger partial charge in [-0.05, 0) is 18.2 Å². The summed E-state index contributed by atoms with van der Waals surface area (Å²) in [4.78, 5) is 20.4. The Labute approximate surface area is 126 Å². The van der Waals surface area contributed by atoms with Gasteiger partial charge in [0.2, 0.25) is 0 Å². The summed E-state index contributed by atoms with van der Waals surface area (Å²) in [5.41, 5.74) is 4.73. The standard InChI is InChI=1S/C16H12N4O2/c21-14-7-2-1-5-12(14)16(22)20-19-10-11-4-3-6-13-15(11)18-9-8-17-13/h1-10,21H,(H,20,22)/b19-10-. The lowest BCUT2D eigenvalue weighted by atomic mass is 10.2. The second-order valence-electron chi connectivity index (χ2n) is 4.49. The van der Waals surface area contributed by atoms with E-state index in [0.29, 0.717) is 5.52 Å². The summed E-state index contributed by atoms with van der Waals surface area (Å²) in [5, 5.41) is 13.5. The van der Waals surface area contributed by atoms with Crippen LogP contribution in [0.3, 0.4) is 0 Å². The number of rotatable bonds is 3. The lowest BCUT2D eigenvalue weighted by Gasteiger charge is -2.02. The van der Waals surface area contributed by atoms with Crippen LogP contribution in [0, 0.1) is 0 Å². The molecule has 2 aromatic carbocycles. The zero-order valence-corrected chi connectivity index (χ0v) is 11.5. The van der Waals surface area contributed by atoms with Crippen LogP contribution in [0.5, 0.6) is 5.75 Å². The van der Waals surface area contributed by atoms with E-state index >= 15 is 0 Å². The number of amides is 1. The summed E-state index contributed by atoms with van der Waals surface area (Å²) in [7, 11) is 0. The maximum absolute atomic E-state index is 11.9. The van der Waals surface area contributed by atoms with Crippen molar-refractivity contribution in [1.29, 1.82) is 0 Å². The van der Waals surface area contributed by atoms with Crippen LogP contribution < -0.4 is 5.43 Å². The van der Waals surface area contributed by atoms with Crippen molar-refractivity contribution in [3.05, 3.63) is 66.0 Å². The van der Waals surface area contributed by atoms with E-state index < -0.39 is 5.91 Å². The third-order valence-electron chi connectivity index (χ3n) is 3.05. The minimum absolute atomic E-state index is 0.0915. The monoisotopic (exact) mass is 292 g/mol. The Hall–Kier alpha value is -3.28. The molecule has 0 fully saturated rings. The topological polar surface area (TPSA) is 87.5 Å². The molecule has 1 heterocycles. The van der Waals surface area contributed by atoms with Gasteiger partial charge >= 0.3 is 0 Å². The number of nitrogens with one attached hydrogen (secondary N) is 1. The first-order valence-electron chi connectivity index (χ1n) is 6.57. The molecule has 2 N–H and O–H groups in total. The van der Waals surface area contributed by atoms with E-state index in [-0.39, 0.29) is 11.3 Å². The molecular formula is C16H12N4O2. The summed E-state index contributed by atoms with van der Waals surface area (Å²) in [6.07, 6.45) is 4.71. The fraction of sp³-hybridized carbons (Fsp3) is 0. The number of hydrazone groups is 1. The molecule has 0 bridgehead atoms. The molecule has 0 saturated heterocycles. The Balaban J connectivity index is 1.80. The zero-order chi connectivity index (χ0) is 15.4. The Kier molecular flexibility index (Phi) is 3.74. The van der Waals surface area contributed by atoms with Crippen molar-refractivity contribution in [2.24, 2.45) is 5.10 Å². The third kappa shape index (κ3) is 2.76. The maximum atomic E-state index is 11.9. The molecule has 1 aromatic heterocycles. The summed E-state index contributed by atoms with van der Waals surface area (Å²) in [6, 6.07) is 11.8. The molecule has 0 aliphatic carbocycles. The summed E-state index contributed by atoms with van der Waals surface area (Å²) in [6.45, 7) is 0. The molecule has 0 unspecified atom stereocenters. The Bertz CT molecular complexity index is 856. The highest BCUT2D eigenvalue weighted by Gasteiger charge is 2.08. The van der Waals surface area contributed by atoms with Crippen molar-refractivity contribution in [3.8, 4) is 5.75 Å². The average molecular weight is 292 g/mol. The highest BCUT2D eigenvalue weighted by atomic mass is 16.3. The molecule has 108 valence electrons. The predicted octanol–water partition coefficient (Wildman–Crippen LogP) is 2.10. The van der Waals surface area contributed by atoms with Crippen molar-refractivity contribution in [3.63, 3.8) is 0 Å². The van der Waals surface area contributed by atoms with E-state index in [0.717, 1.165) is 11.1 Å². The van der Waals surface area contributed by atoms with Gasteiger partial charge in [-0.1, -0.05) is 24.3 Å². The Morgan fingerprint density at radius 3 is 2.77 bits per heavy atom. The second-order valence-corrected chi connectivity index (χ2v) is 4.49. The fourth-order valence-electron chi connectivity index (χ4n) is 2.01. The van der Waals surface area contributed by atoms with E-state index in [1.165, 1.54) is 18.3 Å². The van der Waals surface area contributed by atoms with Crippen LogP contribution in [0.1, 0.15) is 15.9 Å². The Morgan fingerprint density at radius 2 is 1.91 bits per heavy atom. The van der Waals surface area contributed by atoms with Crippen LogP contribution in [0.15, 0.2) is 60.0 Å². The van der Waals surface area contributed by atoms with Crippen LogP contribution in [-0.2, 0) is 0 Å². The highest BCUT2D eigenvalue weighted by Crippen LogP contribution is 2.15. The summed E-state index contributed by atoms with van der Waals surface area (Å²) < 4.78 is 0. The van der Waals surface area contributed by atoms with Gasteiger partial charge in [-0.2, -0.15) is 5.10 Å². The number of nitrogens with zero attached hydrogens (tertiary/aromatic N) is 3. The molecule has 1 amide bonds. The molecule has 22 heavy (non-hydrogen) atoms. The second kappa shape index (κ2) is 6.01. The van der Waals surface area contributed by atoms with E-state index in [4.69, 9.17) is 0 Å². The number of carbonyl (C=O) groups excluding carboxylic acids is 1. The van der Waals surface area contributed by atoms with Crippen LogP contribution in [0.4, 0.5) is 0 Å². The van der Waals surface area contributed by atoms with Crippen molar-refractivity contribution >= 4 is 23.2 Å². The van der Waals surface area contributed by atoms with Crippen LogP contribution in [0.25, 0.3) is 11.0 Å². The van der Waals surface area contributed by atoms with Crippen molar-refractivity contribution < 1.29 is 9.90 Å². The number of phenolic OH excluding ortho intramolecular Hbond substituents is 1. The normalized spacial score (nSPS) is 10.9. The van der Waals surface area contributed by atoms with E-state index in [2.05, 4.69) is 20.5 Å². The van der Waals surface area contributed by atoms with Gasteiger partial charge in [-0.3, -0.25) is 14.8 Å². The minimum atomic E-state index is -0.485. The van der Waals surface area contributed by atoms with E-state index in [9.17, 15) is 9.90 Å². The van der Waals surface area contributed by atoms with E-state index in [1.54, 1.807) is 24.5 Å². The lowest BCUT2D eigenvalue weighted by molar-refractivity contribution is 0.0952. The number of para-hydroxylation sites is 2. The quantitative estimate of drug-likeness (QED) is 0.571. The number of hydrogen-bond acceptors (Lipinski definition) is 5. The van der Waals surface area contributed by atoms with Gasteiger partial charge < -0.3 is 5.11 Å². The van der Waals surface area contributed by atoms with Gasteiger partial charge in [-0.25, -0.2) is 5.43 Å². The van der Waals surface area contributed by atoms with Gasteiger partial charge in [0.25, 0.3) is 5.91 Å². The summed E-state index contributed by atoms with van der Waals surface area (Å²) >= 11 is 0. The largest absolute Gasteiger partial charge is 0.507 e. The van der Waals surface area contributed by atoms with Crippen molar-refractivity contribution in [2.45, 2.75) is 0 Å². The number of hydrogen-bond donors (Lipinski definition) is 2. The molecule has 6 nitrogen and oxygen atoms in total. The van der Waals surface area contributed by atoms with Crippen LogP contribution >= 0.6 is 0 Å². The molecule has 0 aliphatic rings. The van der Waals surface area contributed by atoms with Crippen LogP contribution in [-0.4, -0.2) is 27.2 Å². The smallest absolute Gasteiger partial charge is 0.275 e. The van der Waals surface area contributed by atoms with Gasteiger partial charge in [0, 0.05) is 18.0 Å². The fourth-order valence-corrected chi connectivity index (χ4v) is 2.01. The number of aromatic hydroxyl groups is 1. The molecule has 3 rings (SSSR count). The molecule has 0 radical (unpaired) electrons. The lowest BCUT2D eigenvalue weighted by Crippen LogP contribution is -2.17. The molecular weight excluding hydrogens is 280 g/mol. The zero-order valence-electron chi connectivity index (χ0n) is 11.5. The number of carbonyl (C=O) groups is 1. The highest BCUT2D eigenvalue weighted by molar-refractivity contribution is 5.99. The number of fused-ring (bicyclic) bond motifs is 1. The van der Waals surface area contributed by atoms with Crippen molar-refractivity contribution in [1.82, 2.24) is 15.4 Å². The molecule has 0 spiro atoms. The average Bonchev–Trinajstić information content (AvgIpc) is 2.55. The van der Waals surface area contributed by atoms with Gasteiger partial charge in [0.05, 0.1) is 22.8 Å². The molecule has 6 heteroatoms. The van der Waals surface area contributed by atoms with Crippen LogP contribution in [0.2, 0.25) is 0 Å². The SMILES string of the molecule is O=C(N/N=C\c1cccc2nccnc12)c1ccccc1O. The first-order chi connectivity index (χ1) is 10.8. The van der Waals surface area contributed by atoms with Gasteiger partial charge in [0.15, 0.2) is 0 Å². The first kappa shape index (κ1) is 13.7. The van der Waals surface area contributed by atoms with Gasteiger partial charge in [0.1, 0.15) is 5.75 Å². The van der Waals surface area contributed by atoms with Gasteiger partial charge in [-0.15, -0.1) is 0 Å².